The molecule has 0 aromatic carbocycles. The van der Waals surface area contributed by atoms with E-state index in [0.29, 0.717) is 6.54 Å². The Balaban J connectivity index is 2.03. The molecule has 102 valence electrons. The first kappa shape index (κ1) is 13.8. The Morgan fingerprint density at radius 2 is 2.00 bits per heavy atom. The number of nitrogens with zero attached hydrogens (tertiary/aromatic N) is 4. The number of aromatic nitrogens is 4. The summed E-state index contributed by atoms with van der Waals surface area (Å²) in [5.41, 5.74) is 0.969. The number of hydrogen-bond donors (Lipinski definition) is 2. The van der Waals surface area contributed by atoms with Crippen LogP contribution in [0, 0.1) is 0 Å². The highest BCUT2D eigenvalue weighted by Gasteiger charge is 2.08. The molecule has 0 atom stereocenters. The topological polar surface area (TPSA) is 67.7 Å². The zero-order chi connectivity index (χ0) is 13.7. The van der Waals surface area contributed by atoms with Gasteiger partial charge in [-0.2, -0.15) is 5.10 Å². The molecule has 0 saturated heterocycles. The summed E-state index contributed by atoms with van der Waals surface area (Å²) in [6, 6.07) is 1.97. The second kappa shape index (κ2) is 6.51. The van der Waals surface area contributed by atoms with Crippen molar-refractivity contribution >= 4 is 27.6 Å². The van der Waals surface area contributed by atoms with Gasteiger partial charge in [-0.05, 0) is 28.4 Å². The minimum atomic E-state index is 0.629. The van der Waals surface area contributed by atoms with Gasteiger partial charge in [0, 0.05) is 19.8 Å². The van der Waals surface area contributed by atoms with Crippen molar-refractivity contribution in [2.75, 3.05) is 17.2 Å². The minimum Gasteiger partial charge on any atom is -0.369 e. The van der Waals surface area contributed by atoms with Gasteiger partial charge in [0.2, 0.25) is 0 Å². The van der Waals surface area contributed by atoms with Crippen molar-refractivity contribution in [1.29, 1.82) is 0 Å². The summed E-state index contributed by atoms with van der Waals surface area (Å²) in [6.45, 7) is 3.63. The predicted octanol–water partition coefficient (Wildman–Crippen LogP) is 2.41. The van der Waals surface area contributed by atoms with Gasteiger partial charge in [0.25, 0.3) is 0 Å². The molecule has 2 aromatic heterocycles. The van der Waals surface area contributed by atoms with Crippen molar-refractivity contribution in [1.82, 2.24) is 19.7 Å². The van der Waals surface area contributed by atoms with Crippen LogP contribution >= 0.6 is 15.9 Å². The van der Waals surface area contributed by atoms with Gasteiger partial charge < -0.3 is 10.6 Å². The zero-order valence-corrected chi connectivity index (χ0v) is 12.6. The molecule has 0 fully saturated rings. The molecule has 0 unspecified atom stereocenters. The Morgan fingerprint density at radius 3 is 2.63 bits per heavy atom. The van der Waals surface area contributed by atoms with Gasteiger partial charge in [-0.25, -0.2) is 9.97 Å². The van der Waals surface area contributed by atoms with E-state index in [9.17, 15) is 0 Å². The summed E-state index contributed by atoms with van der Waals surface area (Å²) < 4.78 is 2.62. The largest absolute Gasteiger partial charge is 0.369 e. The SMILES string of the molecule is CCCNc1ncnc(NCc2ccn(C)n2)c1Br. The van der Waals surface area contributed by atoms with E-state index in [1.807, 2.05) is 19.3 Å². The molecule has 0 aliphatic heterocycles. The van der Waals surface area contributed by atoms with Gasteiger partial charge in [-0.1, -0.05) is 6.92 Å². The van der Waals surface area contributed by atoms with Crippen molar-refractivity contribution in [3.63, 3.8) is 0 Å². The van der Waals surface area contributed by atoms with E-state index in [-0.39, 0.29) is 0 Å². The summed E-state index contributed by atoms with van der Waals surface area (Å²) >= 11 is 3.51. The van der Waals surface area contributed by atoms with Crippen LogP contribution in [0.3, 0.4) is 0 Å². The molecule has 0 aliphatic rings. The lowest BCUT2D eigenvalue weighted by Gasteiger charge is -2.10. The van der Waals surface area contributed by atoms with Crippen molar-refractivity contribution in [3.05, 3.63) is 28.8 Å². The Labute approximate surface area is 120 Å². The summed E-state index contributed by atoms with van der Waals surface area (Å²) in [7, 11) is 1.90. The maximum absolute atomic E-state index is 4.31. The second-order valence-corrected chi connectivity index (χ2v) is 4.94. The van der Waals surface area contributed by atoms with Crippen LogP contribution in [0.25, 0.3) is 0 Å². The fraction of sp³-hybridized carbons (Fsp3) is 0.417. The van der Waals surface area contributed by atoms with Crippen molar-refractivity contribution in [2.24, 2.45) is 7.05 Å². The molecular formula is C12H17BrN6. The third kappa shape index (κ3) is 3.66. The van der Waals surface area contributed by atoms with Crippen LogP contribution in [0.2, 0.25) is 0 Å². The third-order valence-electron chi connectivity index (χ3n) is 2.54. The van der Waals surface area contributed by atoms with Crippen LogP contribution in [0.5, 0.6) is 0 Å². The second-order valence-electron chi connectivity index (χ2n) is 4.15. The van der Waals surface area contributed by atoms with Crippen molar-refractivity contribution in [3.8, 4) is 0 Å². The smallest absolute Gasteiger partial charge is 0.146 e. The van der Waals surface area contributed by atoms with E-state index in [0.717, 1.165) is 34.8 Å². The number of aryl methyl sites for hydroxylation is 1. The molecule has 2 aromatic rings. The number of nitrogens with one attached hydrogen (secondary N) is 2. The van der Waals surface area contributed by atoms with Crippen LogP contribution in [-0.4, -0.2) is 26.3 Å². The number of anilines is 2. The normalized spacial score (nSPS) is 10.5. The Kier molecular flexibility index (Phi) is 4.73. The quantitative estimate of drug-likeness (QED) is 0.854. The molecule has 0 radical (unpaired) electrons. The molecule has 6 nitrogen and oxygen atoms in total. The molecule has 2 heterocycles. The Hall–Kier alpha value is -1.63. The first-order chi connectivity index (χ1) is 9.20. The molecule has 2 N–H and O–H groups in total. The number of halogens is 1. The van der Waals surface area contributed by atoms with Gasteiger partial charge in [-0.15, -0.1) is 0 Å². The number of hydrogen-bond acceptors (Lipinski definition) is 5. The fourth-order valence-corrected chi connectivity index (χ4v) is 2.08. The van der Waals surface area contributed by atoms with Gasteiger partial charge in [0.1, 0.15) is 22.4 Å². The maximum atomic E-state index is 4.31. The molecular weight excluding hydrogens is 308 g/mol. The van der Waals surface area contributed by atoms with Gasteiger partial charge in [0.15, 0.2) is 0 Å². The summed E-state index contributed by atoms with van der Waals surface area (Å²) in [5.74, 6) is 1.57. The van der Waals surface area contributed by atoms with Crippen LogP contribution in [-0.2, 0) is 13.6 Å². The molecule has 0 amide bonds. The van der Waals surface area contributed by atoms with E-state index in [1.165, 1.54) is 0 Å². The lowest BCUT2D eigenvalue weighted by atomic mass is 10.4. The minimum absolute atomic E-state index is 0.629. The average Bonchev–Trinajstić information content (AvgIpc) is 2.82. The monoisotopic (exact) mass is 324 g/mol. The van der Waals surface area contributed by atoms with Crippen molar-refractivity contribution in [2.45, 2.75) is 19.9 Å². The van der Waals surface area contributed by atoms with E-state index in [4.69, 9.17) is 0 Å². The lowest BCUT2D eigenvalue weighted by Crippen LogP contribution is -2.07. The van der Waals surface area contributed by atoms with Gasteiger partial charge >= 0.3 is 0 Å². The summed E-state index contributed by atoms with van der Waals surface area (Å²) in [4.78, 5) is 8.43. The molecule has 0 spiro atoms. The Morgan fingerprint density at radius 1 is 1.26 bits per heavy atom. The fourth-order valence-electron chi connectivity index (χ4n) is 1.59. The highest BCUT2D eigenvalue weighted by molar-refractivity contribution is 9.10. The van der Waals surface area contributed by atoms with E-state index < -0.39 is 0 Å². The molecule has 7 heteroatoms. The Bertz CT molecular complexity index is 539. The van der Waals surface area contributed by atoms with Crippen LogP contribution < -0.4 is 10.6 Å². The molecule has 0 saturated carbocycles. The zero-order valence-electron chi connectivity index (χ0n) is 11.0. The molecule has 0 bridgehead atoms. The highest BCUT2D eigenvalue weighted by atomic mass is 79.9. The van der Waals surface area contributed by atoms with E-state index in [1.54, 1.807) is 11.0 Å². The van der Waals surface area contributed by atoms with E-state index >= 15 is 0 Å². The first-order valence-corrected chi connectivity index (χ1v) is 6.96. The third-order valence-corrected chi connectivity index (χ3v) is 3.29. The van der Waals surface area contributed by atoms with Gasteiger partial charge in [0.05, 0.1) is 12.2 Å². The first-order valence-electron chi connectivity index (χ1n) is 6.17. The average molecular weight is 325 g/mol. The number of rotatable bonds is 6. The highest BCUT2D eigenvalue weighted by Crippen LogP contribution is 2.26. The summed E-state index contributed by atoms with van der Waals surface area (Å²) in [6.07, 6.45) is 4.51. The lowest BCUT2D eigenvalue weighted by molar-refractivity contribution is 0.747. The standard InChI is InChI=1S/C12H17BrN6/c1-3-5-14-11-10(13)12(17-8-16-11)15-7-9-4-6-19(2)18-9/h4,6,8H,3,5,7H2,1-2H3,(H2,14,15,16,17). The van der Waals surface area contributed by atoms with Crippen LogP contribution in [0.1, 0.15) is 19.0 Å². The maximum Gasteiger partial charge on any atom is 0.146 e. The molecule has 2 rings (SSSR count). The molecule has 19 heavy (non-hydrogen) atoms. The van der Waals surface area contributed by atoms with Gasteiger partial charge in [-0.3, -0.25) is 4.68 Å². The summed E-state index contributed by atoms with van der Waals surface area (Å²) in [5, 5.41) is 10.8. The molecule has 0 aliphatic carbocycles. The predicted molar refractivity (Wildman–Crippen MR) is 79.0 cm³/mol. The van der Waals surface area contributed by atoms with Crippen molar-refractivity contribution < 1.29 is 0 Å². The van der Waals surface area contributed by atoms with E-state index in [2.05, 4.69) is 48.6 Å². The van der Waals surface area contributed by atoms with Crippen LogP contribution in [0.15, 0.2) is 23.1 Å². The van der Waals surface area contributed by atoms with Crippen LogP contribution in [0.4, 0.5) is 11.6 Å².